The summed E-state index contributed by atoms with van der Waals surface area (Å²) in [5, 5.41) is 8.46. The lowest BCUT2D eigenvalue weighted by molar-refractivity contribution is 0.145. The summed E-state index contributed by atoms with van der Waals surface area (Å²) in [5.74, 6) is 0.116. The normalized spacial score (nSPS) is 10.1. The molecule has 4 nitrogen and oxygen atoms in total. The Morgan fingerprint density at radius 1 is 1.67 bits per heavy atom. The summed E-state index contributed by atoms with van der Waals surface area (Å²) in [6.07, 6.45) is -2.83. The first kappa shape index (κ1) is 11.2. The van der Waals surface area contributed by atoms with Crippen LogP contribution in [0, 0.1) is 11.3 Å². The van der Waals surface area contributed by atoms with Gasteiger partial charge in [-0.15, -0.1) is 0 Å². The van der Waals surface area contributed by atoms with E-state index in [0.717, 1.165) is 6.07 Å². The number of aromatic nitrogens is 1. The zero-order valence-electron chi connectivity index (χ0n) is 8.00. The maximum atomic E-state index is 12.4. The van der Waals surface area contributed by atoms with Crippen LogP contribution in [0.2, 0.25) is 0 Å². The summed E-state index contributed by atoms with van der Waals surface area (Å²) in [6.45, 7) is 0. The summed E-state index contributed by atoms with van der Waals surface area (Å²) < 4.78 is 29.6. The van der Waals surface area contributed by atoms with Gasteiger partial charge in [-0.3, -0.25) is 0 Å². The largest absolute Gasteiger partial charge is 0.494 e. The molecule has 80 valence electrons. The van der Waals surface area contributed by atoms with Gasteiger partial charge >= 0.3 is 0 Å². The SMILES string of the molecule is COc1cc(C(F)F)nc(CC#N)c1N. The molecule has 0 fully saturated rings. The van der Waals surface area contributed by atoms with Crippen LogP contribution in [0.15, 0.2) is 6.07 Å². The van der Waals surface area contributed by atoms with Crippen molar-refractivity contribution in [2.24, 2.45) is 0 Å². The first-order valence-corrected chi connectivity index (χ1v) is 4.08. The molecule has 1 rings (SSSR count). The second-order valence-electron chi connectivity index (χ2n) is 2.75. The molecule has 0 unspecified atom stereocenters. The van der Waals surface area contributed by atoms with Gasteiger partial charge in [-0.2, -0.15) is 5.26 Å². The molecule has 6 heteroatoms. The average Bonchev–Trinajstić information content (AvgIpc) is 2.21. The van der Waals surface area contributed by atoms with Crippen LogP contribution in [0.1, 0.15) is 17.8 Å². The number of nitriles is 1. The summed E-state index contributed by atoms with van der Waals surface area (Å²) in [5.41, 5.74) is 5.37. The standard InChI is InChI=1S/C9H9F2N3O/c1-15-7-4-6(9(10)11)14-5(2-3-12)8(7)13/h4,9H,2,13H2,1H3. The molecule has 0 saturated heterocycles. The van der Waals surface area contributed by atoms with Crippen LogP contribution in [0.4, 0.5) is 14.5 Å². The Morgan fingerprint density at radius 2 is 2.33 bits per heavy atom. The molecular weight excluding hydrogens is 204 g/mol. The molecule has 1 heterocycles. The van der Waals surface area contributed by atoms with Crippen LogP contribution in [0.3, 0.4) is 0 Å². The molecule has 0 bridgehead atoms. The van der Waals surface area contributed by atoms with E-state index in [-0.39, 0.29) is 23.6 Å². The number of rotatable bonds is 3. The quantitative estimate of drug-likeness (QED) is 0.828. The van der Waals surface area contributed by atoms with E-state index in [1.165, 1.54) is 7.11 Å². The Kier molecular flexibility index (Phi) is 3.39. The molecule has 0 spiro atoms. The highest BCUT2D eigenvalue weighted by Gasteiger charge is 2.16. The monoisotopic (exact) mass is 213 g/mol. The number of nitrogens with zero attached hydrogens (tertiary/aromatic N) is 2. The summed E-state index contributed by atoms with van der Waals surface area (Å²) in [6, 6.07) is 2.87. The topological polar surface area (TPSA) is 71.9 Å². The minimum absolute atomic E-state index is 0.116. The molecule has 0 aliphatic heterocycles. The zero-order chi connectivity index (χ0) is 11.4. The van der Waals surface area contributed by atoms with Gasteiger partial charge < -0.3 is 10.5 Å². The molecule has 0 amide bonds. The highest BCUT2D eigenvalue weighted by Crippen LogP contribution is 2.29. The Bertz CT molecular complexity index is 401. The van der Waals surface area contributed by atoms with Gasteiger partial charge in [0, 0.05) is 6.07 Å². The summed E-state index contributed by atoms with van der Waals surface area (Å²) in [7, 11) is 1.32. The van der Waals surface area contributed by atoms with E-state index in [0.29, 0.717) is 0 Å². The van der Waals surface area contributed by atoms with Crippen molar-refractivity contribution in [3.05, 3.63) is 17.5 Å². The number of anilines is 1. The van der Waals surface area contributed by atoms with E-state index in [2.05, 4.69) is 4.98 Å². The number of pyridine rings is 1. The predicted octanol–water partition coefficient (Wildman–Crippen LogP) is 1.68. The molecule has 0 saturated carbocycles. The Labute approximate surface area is 85.3 Å². The van der Waals surface area contributed by atoms with E-state index >= 15 is 0 Å². The summed E-state index contributed by atoms with van der Waals surface area (Å²) in [4.78, 5) is 3.59. The number of halogens is 2. The van der Waals surface area contributed by atoms with Crippen molar-refractivity contribution in [2.45, 2.75) is 12.8 Å². The number of hydrogen-bond acceptors (Lipinski definition) is 4. The van der Waals surface area contributed by atoms with E-state index in [1.54, 1.807) is 6.07 Å². The number of nitrogens with two attached hydrogens (primary N) is 1. The Hall–Kier alpha value is -1.90. The van der Waals surface area contributed by atoms with Crippen LogP contribution < -0.4 is 10.5 Å². The fourth-order valence-corrected chi connectivity index (χ4v) is 1.09. The third-order valence-electron chi connectivity index (χ3n) is 1.81. The van der Waals surface area contributed by atoms with Gasteiger partial charge in [0.1, 0.15) is 11.4 Å². The molecule has 2 N–H and O–H groups in total. The van der Waals surface area contributed by atoms with Crippen molar-refractivity contribution >= 4 is 5.69 Å². The van der Waals surface area contributed by atoms with Crippen LogP contribution in [0.25, 0.3) is 0 Å². The number of alkyl halides is 2. The molecule has 0 aliphatic carbocycles. The molecular formula is C9H9F2N3O. The maximum absolute atomic E-state index is 12.4. The average molecular weight is 213 g/mol. The lowest BCUT2D eigenvalue weighted by Crippen LogP contribution is -2.04. The second-order valence-corrected chi connectivity index (χ2v) is 2.75. The molecule has 0 aromatic carbocycles. The predicted molar refractivity (Wildman–Crippen MR) is 49.5 cm³/mol. The van der Waals surface area contributed by atoms with Gasteiger partial charge in [-0.25, -0.2) is 13.8 Å². The van der Waals surface area contributed by atoms with E-state index in [1.807, 2.05) is 0 Å². The number of methoxy groups -OCH3 is 1. The lowest BCUT2D eigenvalue weighted by Gasteiger charge is -2.09. The third-order valence-corrected chi connectivity index (χ3v) is 1.81. The Morgan fingerprint density at radius 3 is 2.80 bits per heavy atom. The van der Waals surface area contributed by atoms with Crippen molar-refractivity contribution in [3.63, 3.8) is 0 Å². The van der Waals surface area contributed by atoms with Crippen molar-refractivity contribution in [2.75, 3.05) is 12.8 Å². The highest BCUT2D eigenvalue weighted by molar-refractivity contribution is 5.57. The maximum Gasteiger partial charge on any atom is 0.280 e. The smallest absolute Gasteiger partial charge is 0.280 e. The van der Waals surface area contributed by atoms with E-state index < -0.39 is 12.1 Å². The van der Waals surface area contributed by atoms with Gasteiger partial charge in [0.25, 0.3) is 6.43 Å². The van der Waals surface area contributed by atoms with Gasteiger partial charge in [0.2, 0.25) is 0 Å². The van der Waals surface area contributed by atoms with Gasteiger partial charge in [0.15, 0.2) is 0 Å². The van der Waals surface area contributed by atoms with Gasteiger partial charge in [0.05, 0.1) is 31.0 Å². The van der Waals surface area contributed by atoms with Gasteiger partial charge in [-0.1, -0.05) is 0 Å². The number of hydrogen-bond donors (Lipinski definition) is 1. The molecule has 0 aliphatic rings. The minimum Gasteiger partial charge on any atom is -0.494 e. The van der Waals surface area contributed by atoms with Crippen LogP contribution in [-0.4, -0.2) is 12.1 Å². The molecule has 1 aromatic rings. The Balaban J connectivity index is 3.26. The second kappa shape index (κ2) is 4.55. The third kappa shape index (κ3) is 2.31. The molecule has 0 atom stereocenters. The van der Waals surface area contributed by atoms with Crippen molar-refractivity contribution in [1.29, 1.82) is 5.26 Å². The fourth-order valence-electron chi connectivity index (χ4n) is 1.09. The van der Waals surface area contributed by atoms with E-state index in [9.17, 15) is 8.78 Å². The highest BCUT2D eigenvalue weighted by atomic mass is 19.3. The van der Waals surface area contributed by atoms with Crippen molar-refractivity contribution in [1.82, 2.24) is 4.98 Å². The lowest BCUT2D eigenvalue weighted by atomic mass is 10.2. The number of nitrogen functional groups attached to an aromatic ring is 1. The molecule has 1 aromatic heterocycles. The summed E-state index contributed by atoms with van der Waals surface area (Å²) >= 11 is 0. The fraction of sp³-hybridized carbons (Fsp3) is 0.333. The van der Waals surface area contributed by atoms with Gasteiger partial charge in [-0.05, 0) is 0 Å². The van der Waals surface area contributed by atoms with E-state index in [4.69, 9.17) is 15.7 Å². The molecule has 15 heavy (non-hydrogen) atoms. The van der Waals surface area contributed by atoms with Crippen LogP contribution in [0.5, 0.6) is 5.75 Å². The first-order valence-electron chi connectivity index (χ1n) is 4.08. The van der Waals surface area contributed by atoms with Crippen LogP contribution >= 0.6 is 0 Å². The van der Waals surface area contributed by atoms with Crippen LogP contribution in [-0.2, 0) is 6.42 Å². The van der Waals surface area contributed by atoms with Crippen molar-refractivity contribution in [3.8, 4) is 11.8 Å². The number of ether oxygens (including phenoxy) is 1. The van der Waals surface area contributed by atoms with Crippen molar-refractivity contribution < 1.29 is 13.5 Å². The zero-order valence-corrected chi connectivity index (χ0v) is 8.00. The minimum atomic E-state index is -2.71. The molecule has 0 radical (unpaired) electrons. The first-order chi connectivity index (χ1) is 7.10.